The molecule has 2 aromatic rings. The van der Waals surface area contributed by atoms with Crippen LogP contribution in [0.5, 0.6) is 0 Å². The van der Waals surface area contributed by atoms with Crippen molar-refractivity contribution in [3.63, 3.8) is 0 Å². The molecule has 0 N–H and O–H groups in total. The van der Waals surface area contributed by atoms with Crippen LogP contribution in [0.25, 0.3) is 11.5 Å². The fourth-order valence-electron chi connectivity index (χ4n) is 1.70. The molecular weight excluding hydrogens is 368 g/mol. The van der Waals surface area contributed by atoms with E-state index in [9.17, 15) is 8.42 Å². The lowest BCUT2D eigenvalue weighted by atomic mass is 10.2. The van der Waals surface area contributed by atoms with Crippen LogP contribution in [0, 0.1) is 5.92 Å². The van der Waals surface area contributed by atoms with Crippen molar-refractivity contribution in [2.75, 3.05) is 0 Å². The lowest BCUT2D eigenvalue weighted by Crippen LogP contribution is -2.12. The summed E-state index contributed by atoms with van der Waals surface area (Å²) in [6.07, 6.45) is 1.61. The zero-order valence-electron chi connectivity index (χ0n) is 10.8. The van der Waals surface area contributed by atoms with Crippen LogP contribution in [0.4, 0.5) is 0 Å². The molecule has 2 rings (SSSR count). The van der Waals surface area contributed by atoms with Crippen molar-refractivity contribution in [1.82, 2.24) is 19.7 Å². The molecule has 108 valence electrons. The van der Waals surface area contributed by atoms with E-state index in [1.54, 1.807) is 18.3 Å². The second kappa shape index (κ2) is 5.79. The van der Waals surface area contributed by atoms with Crippen molar-refractivity contribution in [1.29, 1.82) is 0 Å². The molecule has 6 nitrogen and oxygen atoms in total. The Hall–Kier alpha value is -0.990. The standard InChI is InChI=1S/C11H12BrClN4O2S/c1-7(2)6-17-10(9-4-3-8(12)5-14-9)15-16-11(17)20(13,18)19/h3-5,7H,6H2,1-2H3. The van der Waals surface area contributed by atoms with Gasteiger partial charge in [-0.3, -0.25) is 9.55 Å². The summed E-state index contributed by atoms with van der Waals surface area (Å²) in [6, 6.07) is 3.53. The molecule has 2 aromatic heterocycles. The SMILES string of the molecule is CC(C)Cn1c(-c2ccc(Br)cn2)nnc1S(=O)(=O)Cl. The quantitative estimate of drug-likeness (QED) is 0.763. The van der Waals surface area contributed by atoms with Gasteiger partial charge in [-0.2, -0.15) is 0 Å². The Kier molecular flexibility index (Phi) is 4.46. The van der Waals surface area contributed by atoms with E-state index < -0.39 is 9.05 Å². The van der Waals surface area contributed by atoms with Gasteiger partial charge in [0.15, 0.2) is 5.82 Å². The highest BCUT2D eigenvalue weighted by molar-refractivity contribution is 9.10. The third-order valence-electron chi connectivity index (χ3n) is 2.44. The van der Waals surface area contributed by atoms with Crippen LogP contribution in [0.3, 0.4) is 0 Å². The first-order valence-electron chi connectivity index (χ1n) is 5.79. The van der Waals surface area contributed by atoms with Crippen molar-refractivity contribution in [3.05, 3.63) is 22.8 Å². The highest BCUT2D eigenvalue weighted by Gasteiger charge is 2.24. The molecule has 0 aliphatic rings. The van der Waals surface area contributed by atoms with Crippen LogP contribution in [0.1, 0.15) is 13.8 Å². The molecule has 0 spiro atoms. The van der Waals surface area contributed by atoms with Crippen molar-refractivity contribution in [2.45, 2.75) is 25.5 Å². The first-order chi connectivity index (χ1) is 9.29. The summed E-state index contributed by atoms with van der Waals surface area (Å²) in [4.78, 5) is 4.20. The van der Waals surface area contributed by atoms with Gasteiger partial charge in [-0.15, -0.1) is 10.2 Å². The molecule has 0 saturated heterocycles. The van der Waals surface area contributed by atoms with Gasteiger partial charge in [-0.05, 0) is 34.0 Å². The summed E-state index contributed by atoms with van der Waals surface area (Å²) in [5.74, 6) is 0.586. The van der Waals surface area contributed by atoms with E-state index in [0.29, 0.717) is 18.1 Å². The lowest BCUT2D eigenvalue weighted by Gasteiger charge is -2.10. The Morgan fingerprint density at radius 3 is 2.55 bits per heavy atom. The summed E-state index contributed by atoms with van der Waals surface area (Å²) in [6.45, 7) is 4.36. The van der Waals surface area contributed by atoms with Crippen LogP contribution in [0.2, 0.25) is 0 Å². The monoisotopic (exact) mass is 378 g/mol. The van der Waals surface area contributed by atoms with Crippen molar-refractivity contribution >= 4 is 35.7 Å². The third-order valence-corrected chi connectivity index (χ3v) is 4.06. The molecule has 0 saturated carbocycles. The highest BCUT2D eigenvalue weighted by atomic mass is 79.9. The number of hydrogen-bond acceptors (Lipinski definition) is 5. The van der Waals surface area contributed by atoms with Crippen LogP contribution < -0.4 is 0 Å². The van der Waals surface area contributed by atoms with Crippen LogP contribution in [-0.2, 0) is 15.6 Å². The van der Waals surface area contributed by atoms with Crippen molar-refractivity contribution in [2.24, 2.45) is 5.92 Å². The van der Waals surface area contributed by atoms with Crippen LogP contribution in [0.15, 0.2) is 28.0 Å². The fourth-order valence-corrected chi connectivity index (χ4v) is 2.84. The third kappa shape index (κ3) is 3.36. The number of pyridine rings is 1. The highest BCUT2D eigenvalue weighted by Crippen LogP contribution is 2.23. The molecule has 0 bridgehead atoms. The minimum absolute atomic E-state index is 0.206. The first kappa shape index (κ1) is 15.4. The van der Waals surface area contributed by atoms with E-state index in [-0.39, 0.29) is 11.1 Å². The predicted octanol–water partition coefficient (Wildman–Crippen LogP) is 2.69. The molecule has 20 heavy (non-hydrogen) atoms. The normalized spacial score (nSPS) is 12.1. The molecule has 0 aliphatic carbocycles. The molecule has 0 unspecified atom stereocenters. The maximum atomic E-state index is 11.5. The predicted molar refractivity (Wildman–Crippen MR) is 78.8 cm³/mol. The van der Waals surface area contributed by atoms with E-state index in [0.717, 1.165) is 4.47 Å². The van der Waals surface area contributed by atoms with Gasteiger partial charge in [0, 0.05) is 27.9 Å². The molecule has 0 aromatic carbocycles. The van der Waals surface area contributed by atoms with E-state index in [4.69, 9.17) is 10.7 Å². The maximum absolute atomic E-state index is 11.5. The van der Waals surface area contributed by atoms with Gasteiger partial charge in [0.05, 0.1) is 0 Å². The van der Waals surface area contributed by atoms with E-state index in [2.05, 4.69) is 31.1 Å². The summed E-state index contributed by atoms with van der Waals surface area (Å²) < 4.78 is 25.4. The average molecular weight is 380 g/mol. The molecule has 2 heterocycles. The van der Waals surface area contributed by atoms with Gasteiger partial charge in [-0.1, -0.05) is 13.8 Å². The Morgan fingerprint density at radius 1 is 1.35 bits per heavy atom. The topological polar surface area (TPSA) is 77.7 Å². The summed E-state index contributed by atoms with van der Waals surface area (Å²) in [5, 5.41) is 7.33. The fraction of sp³-hybridized carbons (Fsp3) is 0.364. The van der Waals surface area contributed by atoms with Gasteiger partial charge in [-0.25, -0.2) is 8.42 Å². The second-order valence-corrected chi connectivity index (χ2v) is 7.99. The van der Waals surface area contributed by atoms with Gasteiger partial charge in [0.25, 0.3) is 14.2 Å². The van der Waals surface area contributed by atoms with Crippen LogP contribution >= 0.6 is 26.6 Å². The molecular formula is C11H12BrClN4O2S. The second-order valence-electron chi connectivity index (χ2n) is 4.61. The largest absolute Gasteiger partial charge is 0.296 e. The lowest BCUT2D eigenvalue weighted by molar-refractivity contribution is 0.488. The van der Waals surface area contributed by atoms with Gasteiger partial charge >= 0.3 is 0 Å². The molecule has 9 heteroatoms. The Balaban J connectivity index is 2.59. The van der Waals surface area contributed by atoms with Crippen molar-refractivity contribution < 1.29 is 8.42 Å². The number of halogens is 2. The number of nitrogens with zero attached hydrogens (tertiary/aromatic N) is 4. The Bertz CT molecular complexity index is 713. The smallest absolute Gasteiger partial charge is 0.295 e. The summed E-state index contributed by atoms with van der Waals surface area (Å²) in [7, 11) is 1.44. The van der Waals surface area contributed by atoms with E-state index in [1.807, 2.05) is 13.8 Å². The number of hydrogen-bond donors (Lipinski definition) is 0. The molecule has 0 radical (unpaired) electrons. The van der Waals surface area contributed by atoms with Gasteiger partial charge < -0.3 is 0 Å². The van der Waals surface area contributed by atoms with Crippen LogP contribution in [-0.4, -0.2) is 28.2 Å². The summed E-state index contributed by atoms with van der Waals surface area (Å²) in [5.41, 5.74) is 0.535. The Labute approximate surface area is 129 Å². The zero-order valence-corrected chi connectivity index (χ0v) is 13.9. The molecule has 0 atom stereocenters. The molecule has 0 fully saturated rings. The minimum atomic E-state index is -3.95. The zero-order chi connectivity index (χ0) is 14.9. The van der Waals surface area contributed by atoms with Gasteiger partial charge in [0.2, 0.25) is 0 Å². The first-order valence-corrected chi connectivity index (χ1v) is 8.89. The Morgan fingerprint density at radius 2 is 2.05 bits per heavy atom. The van der Waals surface area contributed by atoms with E-state index in [1.165, 1.54) is 4.57 Å². The average Bonchev–Trinajstić information content (AvgIpc) is 2.72. The minimum Gasteiger partial charge on any atom is -0.295 e. The maximum Gasteiger partial charge on any atom is 0.296 e. The number of rotatable bonds is 4. The van der Waals surface area contributed by atoms with Gasteiger partial charge in [0.1, 0.15) is 5.69 Å². The van der Waals surface area contributed by atoms with E-state index >= 15 is 0 Å². The summed E-state index contributed by atoms with van der Waals surface area (Å²) >= 11 is 3.29. The van der Waals surface area contributed by atoms with Crippen molar-refractivity contribution in [3.8, 4) is 11.5 Å². The number of aromatic nitrogens is 4. The molecule has 0 aliphatic heterocycles. The molecule has 0 amide bonds.